The number of hydrogen-bond donors (Lipinski definition) is 1. The molecule has 2 aromatic rings. The zero-order valence-electron chi connectivity index (χ0n) is 13.9. The highest BCUT2D eigenvalue weighted by Gasteiger charge is 2.19. The lowest BCUT2D eigenvalue weighted by molar-refractivity contribution is 0.201. The molecule has 24 heavy (non-hydrogen) atoms. The Hall–Kier alpha value is -2.74. The lowest BCUT2D eigenvalue weighted by Gasteiger charge is -2.17. The van der Waals surface area contributed by atoms with E-state index < -0.39 is 0 Å². The van der Waals surface area contributed by atoms with Gasteiger partial charge in [-0.25, -0.2) is 0 Å². The minimum atomic E-state index is -0.374. The van der Waals surface area contributed by atoms with Crippen molar-refractivity contribution in [2.45, 2.75) is 38.7 Å². The van der Waals surface area contributed by atoms with E-state index in [1.807, 2.05) is 24.3 Å². The Labute approximate surface area is 140 Å². The molecule has 0 unspecified atom stereocenters. The van der Waals surface area contributed by atoms with Gasteiger partial charge in [0.2, 0.25) is 0 Å². The Morgan fingerprint density at radius 2 is 1.96 bits per heavy atom. The molecule has 1 aliphatic carbocycles. The number of ether oxygens (including phenoxy) is 2. The number of rotatable bonds is 4. The number of H-pyrrole nitrogens is 1. The second-order valence-electron chi connectivity index (χ2n) is 6.07. The van der Waals surface area contributed by atoms with E-state index in [9.17, 15) is 10.1 Å². The van der Waals surface area contributed by atoms with Crippen molar-refractivity contribution >= 4 is 0 Å². The van der Waals surface area contributed by atoms with E-state index in [1.54, 1.807) is 20.1 Å². The molecule has 1 saturated carbocycles. The fraction of sp³-hybridized carbons (Fsp3) is 0.368. The third-order valence-electron chi connectivity index (χ3n) is 4.35. The number of hydrogen-bond acceptors (Lipinski definition) is 4. The van der Waals surface area contributed by atoms with Gasteiger partial charge in [-0.05, 0) is 56.4 Å². The topological polar surface area (TPSA) is 75.1 Å². The first kappa shape index (κ1) is 16.1. The summed E-state index contributed by atoms with van der Waals surface area (Å²) in [5.41, 5.74) is 1.83. The van der Waals surface area contributed by atoms with Crippen molar-refractivity contribution in [2.24, 2.45) is 0 Å². The van der Waals surface area contributed by atoms with Crippen molar-refractivity contribution in [3.8, 4) is 28.7 Å². The molecule has 0 bridgehead atoms. The second-order valence-corrected chi connectivity index (χ2v) is 6.07. The van der Waals surface area contributed by atoms with Crippen LogP contribution in [-0.2, 0) is 0 Å². The van der Waals surface area contributed by atoms with Gasteiger partial charge in [0.15, 0.2) is 11.5 Å². The van der Waals surface area contributed by atoms with E-state index in [1.165, 1.54) is 12.8 Å². The number of nitrogens with zero attached hydrogens (tertiary/aromatic N) is 1. The van der Waals surface area contributed by atoms with Gasteiger partial charge >= 0.3 is 0 Å². The van der Waals surface area contributed by atoms with Gasteiger partial charge < -0.3 is 14.5 Å². The van der Waals surface area contributed by atoms with Crippen molar-refractivity contribution in [3.05, 3.63) is 45.9 Å². The molecule has 1 aromatic heterocycles. The maximum atomic E-state index is 12.0. The van der Waals surface area contributed by atoms with Crippen LogP contribution in [-0.4, -0.2) is 18.2 Å². The number of nitrogens with one attached hydrogen (secondary N) is 1. The van der Waals surface area contributed by atoms with Gasteiger partial charge in [-0.3, -0.25) is 4.79 Å². The molecule has 1 N–H and O–H groups in total. The van der Waals surface area contributed by atoms with Gasteiger partial charge in [0, 0.05) is 11.3 Å². The molecule has 0 radical (unpaired) electrons. The van der Waals surface area contributed by atoms with E-state index in [0.29, 0.717) is 22.8 Å². The standard InChI is InChI=1S/C19H20N2O3/c1-12-9-15(16(11-20)19(22)21-12)13-7-8-17(23-2)18(10-13)24-14-5-3-4-6-14/h7-10,14H,3-6H2,1-2H3,(H,21,22). The van der Waals surface area contributed by atoms with Crippen molar-refractivity contribution in [2.75, 3.05) is 7.11 Å². The Kier molecular flexibility index (Phi) is 4.57. The minimum Gasteiger partial charge on any atom is -0.493 e. The molecule has 0 aliphatic heterocycles. The summed E-state index contributed by atoms with van der Waals surface area (Å²) < 4.78 is 11.5. The number of pyridine rings is 1. The van der Waals surface area contributed by atoms with Crippen LogP contribution in [0.25, 0.3) is 11.1 Å². The number of aromatic amines is 1. The van der Waals surface area contributed by atoms with Crippen LogP contribution < -0.4 is 15.0 Å². The molecule has 0 spiro atoms. The fourth-order valence-corrected chi connectivity index (χ4v) is 3.15. The van der Waals surface area contributed by atoms with Crippen molar-refractivity contribution in [3.63, 3.8) is 0 Å². The van der Waals surface area contributed by atoms with Gasteiger partial charge in [0.25, 0.3) is 5.56 Å². The van der Waals surface area contributed by atoms with Crippen LogP contribution in [0.2, 0.25) is 0 Å². The highest BCUT2D eigenvalue weighted by Crippen LogP contribution is 2.36. The average Bonchev–Trinajstić information content (AvgIpc) is 3.07. The smallest absolute Gasteiger partial charge is 0.266 e. The quantitative estimate of drug-likeness (QED) is 0.933. The Bertz CT molecular complexity index is 843. The lowest BCUT2D eigenvalue weighted by Crippen LogP contribution is -2.13. The SMILES string of the molecule is COc1ccc(-c2cc(C)[nH]c(=O)c2C#N)cc1OC1CCCC1. The molecule has 1 heterocycles. The Morgan fingerprint density at radius 1 is 1.21 bits per heavy atom. The highest BCUT2D eigenvalue weighted by atomic mass is 16.5. The summed E-state index contributed by atoms with van der Waals surface area (Å²) in [7, 11) is 1.61. The summed E-state index contributed by atoms with van der Waals surface area (Å²) in [6, 6.07) is 9.31. The summed E-state index contributed by atoms with van der Waals surface area (Å²) in [4.78, 5) is 14.7. The zero-order valence-corrected chi connectivity index (χ0v) is 13.9. The average molecular weight is 324 g/mol. The summed E-state index contributed by atoms with van der Waals surface area (Å²) in [6.07, 6.45) is 4.64. The fourth-order valence-electron chi connectivity index (χ4n) is 3.15. The van der Waals surface area contributed by atoms with Crippen LogP contribution in [0.5, 0.6) is 11.5 Å². The first-order chi connectivity index (χ1) is 11.6. The van der Waals surface area contributed by atoms with Gasteiger partial charge in [-0.15, -0.1) is 0 Å². The third kappa shape index (κ3) is 3.13. The molecule has 1 aromatic carbocycles. The van der Waals surface area contributed by atoms with Crippen LogP contribution in [0.3, 0.4) is 0 Å². The molecule has 5 heteroatoms. The van der Waals surface area contributed by atoms with E-state index in [0.717, 1.165) is 18.4 Å². The molecule has 1 fully saturated rings. The molecule has 3 rings (SSSR count). The maximum absolute atomic E-state index is 12.0. The number of aromatic nitrogens is 1. The molecule has 0 saturated heterocycles. The molecular formula is C19H20N2O3. The molecular weight excluding hydrogens is 304 g/mol. The van der Waals surface area contributed by atoms with Crippen LogP contribution >= 0.6 is 0 Å². The van der Waals surface area contributed by atoms with Gasteiger partial charge in [0.05, 0.1) is 13.2 Å². The highest BCUT2D eigenvalue weighted by molar-refractivity contribution is 5.72. The van der Waals surface area contributed by atoms with Crippen LogP contribution in [0, 0.1) is 18.3 Å². The number of aryl methyl sites for hydroxylation is 1. The summed E-state index contributed by atoms with van der Waals surface area (Å²) in [5.74, 6) is 1.31. The second kappa shape index (κ2) is 6.79. The van der Waals surface area contributed by atoms with Crippen molar-refractivity contribution in [1.82, 2.24) is 4.98 Å². The predicted molar refractivity (Wildman–Crippen MR) is 91.4 cm³/mol. The van der Waals surface area contributed by atoms with Crippen molar-refractivity contribution in [1.29, 1.82) is 5.26 Å². The normalized spacial score (nSPS) is 14.4. The van der Waals surface area contributed by atoms with Crippen LogP contribution in [0.15, 0.2) is 29.1 Å². The van der Waals surface area contributed by atoms with Crippen molar-refractivity contribution < 1.29 is 9.47 Å². The summed E-state index contributed by atoms with van der Waals surface area (Å²) >= 11 is 0. The van der Waals surface area contributed by atoms with Crippen LogP contribution in [0.1, 0.15) is 36.9 Å². The third-order valence-corrected chi connectivity index (χ3v) is 4.35. The first-order valence-electron chi connectivity index (χ1n) is 8.11. The van der Waals surface area contributed by atoms with E-state index in [2.05, 4.69) is 4.98 Å². The van der Waals surface area contributed by atoms with Gasteiger partial charge in [-0.1, -0.05) is 6.07 Å². The largest absolute Gasteiger partial charge is 0.493 e. The number of nitriles is 1. The molecule has 124 valence electrons. The molecule has 1 aliphatic rings. The predicted octanol–water partition coefficient (Wildman–Crippen LogP) is 3.55. The van der Waals surface area contributed by atoms with Gasteiger partial charge in [0.1, 0.15) is 11.6 Å². The first-order valence-corrected chi connectivity index (χ1v) is 8.11. The molecule has 0 atom stereocenters. The molecule has 0 amide bonds. The lowest BCUT2D eigenvalue weighted by atomic mass is 10.0. The number of benzene rings is 1. The molecule has 5 nitrogen and oxygen atoms in total. The zero-order chi connectivity index (χ0) is 17.1. The van der Waals surface area contributed by atoms with E-state index >= 15 is 0 Å². The number of methoxy groups -OCH3 is 1. The Balaban J connectivity index is 2.06. The maximum Gasteiger partial charge on any atom is 0.266 e. The minimum absolute atomic E-state index is 0.109. The van der Waals surface area contributed by atoms with E-state index in [-0.39, 0.29) is 17.2 Å². The van der Waals surface area contributed by atoms with Crippen LogP contribution in [0.4, 0.5) is 0 Å². The van der Waals surface area contributed by atoms with E-state index in [4.69, 9.17) is 9.47 Å². The monoisotopic (exact) mass is 324 g/mol. The summed E-state index contributed by atoms with van der Waals surface area (Å²) in [6.45, 7) is 1.80. The Morgan fingerprint density at radius 3 is 2.62 bits per heavy atom. The summed E-state index contributed by atoms with van der Waals surface area (Å²) in [5, 5.41) is 9.33. The van der Waals surface area contributed by atoms with Gasteiger partial charge in [-0.2, -0.15) is 5.26 Å².